The number of aromatic nitrogens is 1. The van der Waals surface area contributed by atoms with Crippen molar-refractivity contribution in [2.75, 3.05) is 43.4 Å². The molecule has 1 saturated heterocycles. The summed E-state index contributed by atoms with van der Waals surface area (Å²) in [6, 6.07) is 4.52. The topological polar surface area (TPSA) is 48.5 Å². The highest BCUT2D eigenvalue weighted by Gasteiger charge is 2.19. The smallest absolute Gasteiger partial charge is 0.275 e. The van der Waals surface area contributed by atoms with Crippen LogP contribution in [0.4, 0.5) is 15.8 Å². The summed E-state index contributed by atoms with van der Waals surface area (Å²) < 4.78 is 13.6. The lowest BCUT2D eigenvalue weighted by molar-refractivity contribution is 0.102. The fourth-order valence-electron chi connectivity index (χ4n) is 2.59. The molecule has 23 heavy (non-hydrogen) atoms. The minimum Gasteiger partial charge on any atom is -0.367 e. The number of benzene rings is 1. The number of likely N-dealkylation sites (N-methyl/N-ethyl adjacent to an activating group) is 1. The van der Waals surface area contributed by atoms with Gasteiger partial charge >= 0.3 is 0 Å². The fourth-order valence-corrected chi connectivity index (χ4v) is 3.18. The van der Waals surface area contributed by atoms with E-state index in [0.717, 1.165) is 36.9 Å². The van der Waals surface area contributed by atoms with Crippen molar-refractivity contribution in [2.24, 2.45) is 0 Å². The number of hydrogen-bond donors (Lipinski definition) is 1. The van der Waals surface area contributed by atoms with Crippen LogP contribution in [0.2, 0.25) is 0 Å². The van der Waals surface area contributed by atoms with E-state index in [9.17, 15) is 9.18 Å². The van der Waals surface area contributed by atoms with Gasteiger partial charge < -0.3 is 15.1 Å². The van der Waals surface area contributed by atoms with Gasteiger partial charge in [-0.1, -0.05) is 0 Å². The maximum absolute atomic E-state index is 13.6. The van der Waals surface area contributed by atoms with Crippen LogP contribution >= 0.6 is 11.3 Å². The number of hydrogen-bond acceptors (Lipinski definition) is 5. The van der Waals surface area contributed by atoms with Gasteiger partial charge in [-0.2, -0.15) is 0 Å². The van der Waals surface area contributed by atoms with Crippen LogP contribution in [0.15, 0.2) is 23.6 Å². The van der Waals surface area contributed by atoms with Gasteiger partial charge in [-0.05, 0) is 32.2 Å². The van der Waals surface area contributed by atoms with Crippen molar-refractivity contribution < 1.29 is 9.18 Å². The number of carbonyl (C=O) groups excluding carboxylic acids is 1. The second-order valence-corrected chi connectivity index (χ2v) is 6.72. The van der Waals surface area contributed by atoms with Gasteiger partial charge in [0.25, 0.3) is 5.91 Å². The Morgan fingerprint density at radius 1 is 1.30 bits per heavy atom. The third-order valence-corrected chi connectivity index (χ3v) is 4.68. The first kappa shape index (κ1) is 15.9. The third kappa shape index (κ3) is 3.68. The highest BCUT2D eigenvalue weighted by Crippen LogP contribution is 2.28. The molecule has 122 valence electrons. The summed E-state index contributed by atoms with van der Waals surface area (Å²) in [4.78, 5) is 20.9. The second kappa shape index (κ2) is 6.64. The van der Waals surface area contributed by atoms with Gasteiger partial charge in [-0.3, -0.25) is 4.79 Å². The standard InChI is InChI=1S/C16H19FN4OS/c1-11-18-14(10-23-11)16(22)19-13-9-12(17)3-4-15(13)21-7-5-20(2)6-8-21/h3-4,9-10H,5-8H2,1-2H3,(H,19,22). The fraction of sp³-hybridized carbons (Fsp3) is 0.375. The quantitative estimate of drug-likeness (QED) is 0.937. The molecule has 7 heteroatoms. The van der Waals surface area contributed by atoms with Crippen molar-refractivity contribution in [3.8, 4) is 0 Å². The predicted molar refractivity (Wildman–Crippen MR) is 90.9 cm³/mol. The van der Waals surface area contributed by atoms with Crippen LogP contribution < -0.4 is 10.2 Å². The molecule has 1 aliphatic heterocycles. The summed E-state index contributed by atoms with van der Waals surface area (Å²) in [5, 5.41) is 5.33. The van der Waals surface area contributed by atoms with Crippen molar-refractivity contribution in [1.82, 2.24) is 9.88 Å². The van der Waals surface area contributed by atoms with E-state index in [4.69, 9.17) is 0 Å². The summed E-state index contributed by atoms with van der Waals surface area (Å²) in [6.07, 6.45) is 0. The second-order valence-electron chi connectivity index (χ2n) is 5.66. The van der Waals surface area contributed by atoms with Gasteiger partial charge in [-0.25, -0.2) is 9.37 Å². The zero-order valence-corrected chi connectivity index (χ0v) is 14.0. The van der Waals surface area contributed by atoms with Crippen molar-refractivity contribution >= 4 is 28.6 Å². The van der Waals surface area contributed by atoms with Gasteiger partial charge in [0.05, 0.1) is 16.4 Å². The van der Waals surface area contributed by atoms with Crippen LogP contribution in [0.5, 0.6) is 0 Å². The lowest BCUT2D eigenvalue weighted by Gasteiger charge is -2.35. The largest absolute Gasteiger partial charge is 0.367 e. The average molecular weight is 334 g/mol. The summed E-state index contributed by atoms with van der Waals surface area (Å²) in [5.74, 6) is -0.678. The molecule has 1 aliphatic rings. The molecule has 3 rings (SSSR count). The molecule has 2 heterocycles. The van der Waals surface area contributed by atoms with Gasteiger partial charge in [0.2, 0.25) is 0 Å². The van der Waals surface area contributed by atoms with Gasteiger partial charge in [0, 0.05) is 31.6 Å². The number of halogens is 1. The molecular formula is C16H19FN4OS. The number of thiazole rings is 1. The Morgan fingerprint density at radius 3 is 2.70 bits per heavy atom. The van der Waals surface area contributed by atoms with E-state index >= 15 is 0 Å². The molecule has 0 atom stereocenters. The van der Waals surface area contributed by atoms with Crippen LogP contribution in [0.3, 0.4) is 0 Å². The number of aryl methyl sites for hydroxylation is 1. The maximum atomic E-state index is 13.6. The maximum Gasteiger partial charge on any atom is 0.275 e. The Labute approximate surface area is 138 Å². The number of piperazine rings is 1. The molecule has 1 fully saturated rings. The number of anilines is 2. The van der Waals surface area contributed by atoms with E-state index in [2.05, 4.69) is 27.1 Å². The minimum absolute atomic E-state index is 0.310. The zero-order valence-electron chi connectivity index (χ0n) is 13.2. The van der Waals surface area contributed by atoms with Crippen molar-refractivity contribution in [1.29, 1.82) is 0 Å². The Kier molecular flexibility index (Phi) is 4.58. The molecule has 5 nitrogen and oxygen atoms in total. The number of nitrogens with zero attached hydrogens (tertiary/aromatic N) is 3. The number of amides is 1. The normalized spacial score (nSPS) is 15.7. The summed E-state index contributed by atoms with van der Waals surface area (Å²) in [5.41, 5.74) is 1.70. The zero-order chi connectivity index (χ0) is 16.4. The highest BCUT2D eigenvalue weighted by molar-refractivity contribution is 7.09. The van der Waals surface area contributed by atoms with Crippen molar-refractivity contribution in [2.45, 2.75) is 6.92 Å². The molecule has 1 aromatic heterocycles. The molecule has 1 amide bonds. The van der Waals surface area contributed by atoms with E-state index < -0.39 is 0 Å². The van der Waals surface area contributed by atoms with E-state index in [-0.39, 0.29) is 11.7 Å². The Bertz CT molecular complexity index is 710. The van der Waals surface area contributed by atoms with E-state index in [1.54, 1.807) is 11.4 Å². The first-order valence-corrected chi connectivity index (χ1v) is 8.37. The average Bonchev–Trinajstić information content (AvgIpc) is 2.95. The van der Waals surface area contributed by atoms with Crippen LogP contribution in [0, 0.1) is 12.7 Å². The molecule has 0 unspecified atom stereocenters. The van der Waals surface area contributed by atoms with Crippen LogP contribution in [0.25, 0.3) is 0 Å². The number of carbonyl (C=O) groups is 1. The molecule has 2 aromatic rings. The molecule has 0 bridgehead atoms. The van der Waals surface area contributed by atoms with E-state index in [1.807, 2.05) is 6.92 Å². The summed E-state index contributed by atoms with van der Waals surface area (Å²) in [6.45, 7) is 5.42. The van der Waals surface area contributed by atoms with Gasteiger partial charge in [0.1, 0.15) is 11.5 Å². The van der Waals surface area contributed by atoms with Crippen LogP contribution in [0.1, 0.15) is 15.5 Å². The van der Waals surface area contributed by atoms with Gasteiger partial charge in [0.15, 0.2) is 0 Å². The first-order chi connectivity index (χ1) is 11.0. The SMILES string of the molecule is Cc1nc(C(=O)Nc2cc(F)ccc2N2CCN(C)CC2)cs1. The molecule has 1 N–H and O–H groups in total. The number of nitrogens with one attached hydrogen (secondary N) is 1. The summed E-state index contributed by atoms with van der Waals surface area (Å²) in [7, 11) is 2.08. The first-order valence-electron chi connectivity index (χ1n) is 7.49. The van der Waals surface area contributed by atoms with Gasteiger partial charge in [-0.15, -0.1) is 11.3 Å². The minimum atomic E-state index is -0.368. The van der Waals surface area contributed by atoms with E-state index in [1.165, 1.54) is 23.5 Å². The van der Waals surface area contributed by atoms with E-state index in [0.29, 0.717) is 11.4 Å². The Balaban J connectivity index is 1.83. The van der Waals surface area contributed by atoms with Crippen molar-refractivity contribution in [3.05, 3.63) is 40.1 Å². The lowest BCUT2D eigenvalue weighted by atomic mass is 10.2. The predicted octanol–water partition coefficient (Wildman–Crippen LogP) is 2.59. The Morgan fingerprint density at radius 2 is 2.04 bits per heavy atom. The summed E-state index contributed by atoms with van der Waals surface area (Å²) >= 11 is 1.42. The highest BCUT2D eigenvalue weighted by atomic mass is 32.1. The molecule has 0 aliphatic carbocycles. The molecule has 1 aromatic carbocycles. The monoisotopic (exact) mass is 334 g/mol. The molecule has 0 radical (unpaired) electrons. The Hall–Kier alpha value is -1.99. The third-order valence-electron chi connectivity index (χ3n) is 3.90. The van der Waals surface area contributed by atoms with Crippen LogP contribution in [-0.2, 0) is 0 Å². The van der Waals surface area contributed by atoms with Crippen LogP contribution in [-0.4, -0.2) is 49.0 Å². The molecule has 0 saturated carbocycles. The van der Waals surface area contributed by atoms with Crippen molar-refractivity contribution in [3.63, 3.8) is 0 Å². The molecule has 0 spiro atoms. The molecular weight excluding hydrogens is 315 g/mol. The lowest BCUT2D eigenvalue weighted by Crippen LogP contribution is -2.44. The number of rotatable bonds is 3.